The lowest BCUT2D eigenvalue weighted by Gasteiger charge is -2.22. The SMILES string of the molecule is CC(C)c1cccc2c(O)c(C(c3c(O)c4cccc(C(C)C)c4oc3=O)C(C)O)c(=O)oc12. The fourth-order valence-corrected chi connectivity index (χ4v) is 4.57. The number of aliphatic hydroxyl groups excluding tert-OH is 1. The van der Waals surface area contributed by atoms with Gasteiger partial charge in [0.15, 0.2) is 0 Å². The Hall–Kier alpha value is -3.58. The molecule has 34 heavy (non-hydrogen) atoms. The number of aromatic hydroxyl groups is 2. The first kappa shape index (κ1) is 23.6. The van der Waals surface area contributed by atoms with Crippen molar-refractivity contribution in [1.82, 2.24) is 0 Å². The summed E-state index contributed by atoms with van der Waals surface area (Å²) in [5.74, 6) is -2.15. The topological polar surface area (TPSA) is 121 Å². The highest BCUT2D eigenvalue weighted by atomic mass is 16.4. The average molecular weight is 465 g/mol. The van der Waals surface area contributed by atoms with Crippen molar-refractivity contribution in [1.29, 1.82) is 0 Å². The Balaban J connectivity index is 2.06. The molecule has 3 N–H and O–H groups in total. The fourth-order valence-electron chi connectivity index (χ4n) is 4.57. The first-order valence-corrected chi connectivity index (χ1v) is 11.3. The third-order valence-electron chi connectivity index (χ3n) is 6.29. The highest BCUT2D eigenvalue weighted by Gasteiger charge is 2.34. The van der Waals surface area contributed by atoms with Gasteiger partial charge in [-0.15, -0.1) is 0 Å². The second-order valence-electron chi connectivity index (χ2n) is 9.28. The van der Waals surface area contributed by atoms with Crippen molar-refractivity contribution in [3.8, 4) is 11.5 Å². The molecule has 0 bridgehead atoms. The van der Waals surface area contributed by atoms with E-state index < -0.39 is 34.8 Å². The van der Waals surface area contributed by atoms with Crippen LogP contribution in [0.3, 0.4) is 0 Å². The molecule has 178 valence electrons. The Bertz CT molecular complexity index is 1390. The molecule has 2 heterocycles. The van der Waals surface area contributed by atoms with Crippen molar-refractivity contribution in [2.45, 2.75) is 58.5 Å². The van der Waals surface area contributed by atoms with Gasteiger partial charge in [0.25, 0.3) is 0 Å². The normalized spacial score (nSPS) is 13.0. The first-order valence-electron chi connectivity index (χ1n) is 11.3. The third-order valence-corrected chi connectivity index (χ3v) is 6.29. The van der Waals surface area contributed by atoms with E-state index >= 15 is 0 Å². The minimum atomic E-state index is -1.38. The van der Waals surface area contributed by atoms with Crippen LogP contribution in [-0.2, 0) is 0 Å². The molecule has 0 aliphatic heterocycles. The fraction of sp³-hybridized carbons (Fsp3) is 0.333. The maximum absolute atomic E-state index is 13.1. The quantitative estimate of drug-likeness (QED) is 0.353. The molecule has 0 saturated carbocycles. The molecule has 7 nitrogen and oxygen atoms in total. The van der Waals surface area contributed by atoms with E-state index in [1.165, 1.54) is 6.92 Å². The summed E-state index contributed by atoms with van der Waals surface area (Å²) in [5.41, 5.74) is -0.485. The number of aliphatic hydroxyl groups is 1. The zero-order chi connectivity index (χ0) is 24.9. The van der Waals surface area contributed by atoms with Crippen molar-refractivity contribution in [2.24, 2.45) is 0 Å². The molecule has 4 aromatic rings. The molecular weight excluding hydrogens is 436 g/mol. The summed E-state index contributed by atoms with van der Waals surface area (Å²) in [7, 11) is 0. The standard InChI is InChI=1S/C27H28O7/c1-12(2)15-8-6-10-17-22(29)20(26(31)33-24(15)17)19(14(5)28)21-23(30)18-11-7-9-16(13(3)4)25(18)34-27(21)32/h6-14,19,28-30H,1-5H3. The van der Waals surface area contributed by atoms with Gasteiger partial charge in [-0.05, 0) is 42.0 Å². The molecule has 2 aromatic heterocycles. The zero-order valence-corrected chi connectivity index (χ0v) is 19.7. The first-order chi connectivity index (χ1) is 16.0. The number of hydrogen-bond acceptors (Lipinski definition) is 7. The molecule has 0 aliphatic rings. The van der Waals surface area contributed by atoms with Gasteiger partial charge in [0, 0.05) is 0 Å². The Kier molecular flexibility index (Phi) is 6.00. The molecule has 1 atom stereocenters. The lowest BCUT2D eigenvalue weighted by atomic mass is 9.86. The molecule has 1 unspecified atom stereocenters. The molecule has 0 fully saturated rings. The van der Waals surface area contributed by atoms with Crippen molar-refractivity contribution in [3.63, 3.8) is 0 Å². The van der Waals surface area contributed by atoms with Crippen LogP contribution in [0.25, 0.3) is 21.9 Å². The van der Waals surface area contributed by atoms with Gasteiger partial charge in [-0.3, -0.25) is 0 Å². The number of para-hydroxylation sites is 2. The van der Waals surface area contributed by atoms with Gasteiger partial charge in [0.2, 0.25) is 0 Å². The Morgan fingerprint density at radius 3 is 1.38 bits per heavy atom. The van der Waals surface area contributed by atoms with Crippen molar-refractivity contribution in [3.05, 3.63) is 79.5 Å². The summed E-state index contributed by atoms with van der Waals surface area (Å²) in [6.45, 7) is 9.10. The minimum absolute atomic E-state index is 0.0244. The highest BCUT2D eigenvalue weighted by molar-refractivity contribution is 5.89. The lowest BCUT2D eigenvalue weighted by Crippen LogP contribution is -2.27. The molecule has 0 radical (unpaired) electrons. The zero-order valence-electron chi connectivity index (χ0n) is 19.7. The molecule has 7 heteroatoms. The van der Waals surface area contributed by atoms with E-state index in [-0.39, 0.29) is 44.9 Å². The third kappa shape index (κ3) is 3.66. The largest absolute Gasteiger partial charge is 0.507 e. The smallest absolute Gasteiger partial charge is 0.343 e. The monoisotopic (exact) mass is 464 g/mol. The van der Waals surface area contributed by atoms with E-state index in [1.54, 1.807) is 36.4 Å². The second kappa shape index (κ2) is 8.65. The van der Waals surface area contributed by atoms with Crippen LogP contribution in [0.15, 0.2) is 54.8 Å². The summed E-state index contributed by atoms with van der Waals surface area (Å²) >= 11 is 0. The predicted octanol–water partition coefficient (Wildman–Crippen LogP) is 5.07. The van der Waals surface area contributed by atoms with E-state index in [0.29, 0.717) is 0 Å². The Morgan fingerprint density at radius 2 is 1.06 bits per heavy atom. The van der Waals surface area contributed by atoms with Gasteiger partial charge in [-0.25, -0.2) is 9.59 Å². The van der Waals surface area contributed by atoms with E-state index in [4.69, 9.17) is 8.83 Å². The maximum atomic E-state index is 13.1. The number of rotatable bonds is 5. The van der Waals surface area contributed by atoms with Gasteiger partial charge in [0.1, 0.15) is 22.7 Å². The Labute approximate surface area is 195 Å². The molecule has 2 aromatic carbocycles. The molecule has 0 spiro atoms. The van der Waals surface area contributed by atoms with Crippen LogP contribution in [0.4, 0.5) is 0 Å². The van der Waals surface area contributed by atoms with Gasteiger partial charge < -0.3 is 24.2 Å². The predicted molar refractivity (Wildman–Crippen MR) is 130 cm³/mol. The summed E-state index contributed by atoms with van der Waals surface area (Å²) in [6.07, 6.45) is -1.33. The van der Waals surface area contributed by atoms with Gasteiger partial charge >= 0.3 is 11.3 Å². The van der Waals surface area contributed by atoms with E-state index in [9.17, 15) is 24.9 Å². The Morgan fingerprint density at radius 1 is 0.676 bits per heavy atom. The summed E-state index contributed by atoms with van der Waals surface area (Å²) in [6, 6.07) is 10.3. The summed E-state index contributed by atoms with van der Waals surface area (Å²) < 4.78 is 11.2. The van der Waals surface area contributed by atoms with Gasteiger partial charge in [-0.1, -0.05) is 52.0 Å². The van der Waals surface area contributed by atoms with Crippen molar-refractivity contribution >= 4 is 21.9 Å². The van der Waals surface area contributed by atoms with Crippen LogP contribution in [0.2, 0.25) is 0 Å². The molecule has 4 rings (SSSR count). The molecular formula is C27H28O7. The van der Waals surface area contributed by atoms with Crippen LogP contribution in [-0.4, -0.2) is 21.4 Å². The number of hydrogen-bond donors (Lipinski definition) is 3. The van der Waals surface area contributed by atoms with Gasteiger partial charge in [0.05, 0.1) is 33.9 Å². The van der Waals surface area contributed by atoms with Crippen molar-refractivity contribution in [2.75, 3.05) is 0 Å². The number of benzene rings is 2. The van der Waals surface area contributed by atoms with Crippen LogP contribution in [0.5, 0.6) is 11.5 Å². The average Bonchev–Trinajstić information content (AvgIpc) is 2.76. The van der Waals surface area contributed by atoms with Crippen LogP contribution in [0.1, 0.15) is 74.6 Å². The van der Waals surface area contributed by atoms with Crippen molar-refractivity contribution < 1.29 is 24.2 Å². The molecule has 0 aliphatic carbocycles. The molecule has 0 amide bonds. The lowest BCUT2D eigenvalue weighted by molar-refractivity contribution is 0.170. The summed E-state index contributed by atoms with van der Waals surface area (Å²) in [4.78, 5) is 26.3. The van der Waals surface area contributed by atoms with Crippen LogP contribution < -0.4 is 11.3 Å². The highest BCUT2D eigenvalue weighted by Crippen LogP contribution is 2.42. The molecule has 0 saturated heterocycles. The number of fused-ring (bicyclic) bond motifs is 2. The van der Waals surface area contributed by atoms with E-state index in [0.717, 1.165) is 11.1 Å². The minimum Gasteiger partial charge on any atom is -0.507 e. The summed E-state index contributed by atoms with van der Waals surface area (Å²) in [5, 5.41) is 33.5. The second-order valence-corrected chi connectivity index (χ2v) is 9.28. The van der Waals surface area contributed by atoms with Gasteiger partial charge in [-0.2, -0.15) is 0 Å². The van der Waals surface area contributed by atoms with Crippen LogP contribution >= 0.6 is 0 Å². The maximum Gasteiger partial charge on any atom is 0.343 e. The van der Waals surface area contributed by atoms with E-state index in [1.807, 2.05) is 27.7 Å². The van der Waals surface area contributed by atoms with E-state index in [2.05, 4.69) is 0 Å². The van der Waals surface area contributed by atoms with Crippen LogP contribution in [0, 0.1) is 0 Å².